The number of aromatic nitrogens is 2. The lowest BCUT2D eigenvalue weighted by Crippen LogP contribution is -2.37. The van der Waals surface area contributed by atoms with Gasteiger partial charge in [0, 0.05) is 18.7 Å². The molecule has 1 saturated carbocycles. The lowest BCUT2D eigenvalue weighted by Gasteiger charge is -2.31. The van der Waals surface area contributed by atoms with Gasteiger partial charge in [-0.25, -0.2) is 4.39 Å². The molecule has 1 fully saturated rings. The first kappa shape index (κ1) is 14.5. The van der Waals surface area contributed by atoms with Gasteiger partial charge in [-0.2, -0.15) is 5.10 Å². The first-order valence-corrected chi connectivity index (χ1v) is 7.55. The summed E-state index contributed by atoms with van der Waals surface area (Å²) in [5.74, 6) is 0. The van der Waals surface area contributed by atoms with Gasteiger partial charge in [0.15, 0.2) is 0 Å². The minimum absolute atomic E-state index is 0.186. The van der Waals surface area contributed by atoms with Gasteiger partial charge in [0.25, 0.3) is 0 Å². The Bertz CT molecular complexity index is 390. The highest BCUT2D eigenvalue weighted by atomic mass is 19.1. The Kier molecular flexibility index (Phi) is 4.61. The van der Waals surface area contributed by atoms with Gasteiger partial charge in [-0.05, 0) is 44.6 Å². The molecule has 0 bridgehead atoms. The maximum Gasteiger partial charge on any atom is 0.116 e. The van der Waals surface area contributed by atoms with Crippen LogP contribution in [-0.4, -0.2) is 21.5 Å². The zero-order valence-electron chi connectivity index (χ0n) is 12.1. The Labute approximate surface area is 115 Å². The molecule has 0 spiro atoms. The monoisotopic (exact) mass is 267 g/mol. The topological polar surface area (TPSA) is 43.8 Å². The first-order chi connectivity index (χ1) is 9.06. The van der Waals surface area contributed by atoms with Crippen molar-refractivity contribution in [2.45, 2.75) is 76.5 Å². The number of alkyl halides is 1. The molecular formula is C15H26FN3. The third kappa shape index (κ3) is 3.56. The molecule has 2 N–H and O–H groups in total. The summed E-state index contributed by atoms with van der Waals surface area (Å²) in [4.78, 5) is 0. The van der Waals surface area contributed by atoms with E-state index >= 15 is 0 Å². The Balaban J connectivity index is 1.99. The zero-order chi connectivity index (χ0) is 13.9. The highest BCUT2D eigenvalue weighted by Crippen LogP contribution is 2.34. The second-order valence-corrected chi connectivity index (χ2v) is 5.92. The molecule has 0 saturated heterocycles. The fourth-order valence-electron chi connectivity index (χ4n) is 3.00. The maximum atomic E-state index is 14.7. The van der Waals surface area contributed by atoms with E-state index in [1.54, 1.807) is 0 Å². The highest BCUT2D eigenvalue weighted by molar-refractivity contribution is 5.06. The second-order valence-electron chi connectivity index (χ2n) is 5.92. The molecule has 0 atom stereocenters. The molecule has 19 heavy (non-hydrogen) atoms. The highest BCUT2D eigenvalue weighted by Gasteiger charge is 2.35. The van der Waals surface area contributed by atoms with Gasteiger partial charge in [0.2, 0.25) is 0 Å². The van der Waals surface area contributed by atoms with Crippen molar-refractivity contribution in [3.05, 3.63) is 18.0 Å². The molecule has 0 aliphatic heterocycles. The number of halogens is 1. The number of hydrogen-bond donors (Lipinski definition) is 1. The molecule has 0 amide bonds. The third-order valence-electron chi connectivity index (χ3n) is 4.40. The molecule has 108 valence electrons. The minimum Gasteiger partial charge on any atom is -0.328 e. The molecule has 1 aromatic rings. The lowest BCUT2D eigenvalue weighted by molar-refractivity contribution is 0.0981. The molecule has 4 heteroatoms. The Morgan fingerprint density at radius 1 is 1.42 bits per heavy atom. The van der Waals surface area contributed by atoms with Crippen LogP contribution in [0, 0.1) is 0 Å². The molecule has 2 rings (SSSR count). The van der Waals surface area contributed by atoms with Gasteiger partial charge in [0.1, 0.15) is 5.67 Å². The largest absolute Gasteiger partial charge is 0.328 e. The van der Waals surface area contributed by atoms with Gasteiger partial charge in [-0.1, -0.05) is 13.8 Å². The molecule has 3 nitrogen and oxygen atoms in total. The van der Waals surface area contributed by atoms with E-state index in [0.717, 1.165) is 31.4 Å². The van der Waals surface area contributed by atoms with Crippen LogP contribution >= 0.6 is 0 Å². The van der Waals surface area contributed by atoms with E-state index < -0.39 is 5.67 Å². The molecular weight excluding hydrogens is 241 g/mol. The van der Waals surface area contributed by atoms with Crippen molar-refractivity contribution in [2.75, 3.05) is 0 Å². The Hall–Kier alpha value is -0.900. The van der Waals surface area contributed by atoms with Crippen LogP contribution in [0.25, 0.3) is 0 Å². The predicted octanol–water partition coefficient (Wildman–Crippen LogP) is 3.40. The number of rotatable bonds is 5. The number of nitrogens with zero attached hydrogens (tertiary/aromatic N) is 2. The maximum absolute atomic E-state index is 14.7. The lowest BCUT2D eigenvalue weighted by atomic mass is 9.81. The Morgan fingerprint density at radius 2 is 2.05 bits per heavy atom. The van der Waals surface area contributed by atoms with Gasteiger partial charge in [-0.15, -0.1) is 0 Å². The summed E-state index contributed by atoms with van der Waals surface area (Å²) in [6.07, 6.45) is 7.30. The summed E-state index contributed by atoms with van der Waals surface area (Å²) in [6, 6.07) is 2.59. The Morgan fingerprint density at radius 3 is 2.63 bits per heavy atom. The van der Waals surface area contributed by atoms with E-state index in [1.807, 2.05) is 16.9 Å². The van der Waals surface area contributed by atoms with E-state index in [-0.39, 0.29) is 6.04 Å². The number of hydrogen-bond acceptors (Lipinski definition) is 2. The van der Waals surface area contributed by atoms with Crippen molar-refractivity contribution < 1.29 is 4.39 Å². The molecule has 1 heterocycles. The van der Waals surface area contributed by atoms with E-state index in [9.17, 15) is 4.39 Å². The summed E-state index contributed by atoms with van der Waals surface area (Å²) in [7, 11) is 0. The van der Waals surface area contributed by atoms with Crippen molar-refractivity contribution in [2.24, 2.45) is 5.73 Å². The molecule has 0 aromatic carbocycles. The SMILES string of the molecule is CCC(CC)n1ccc(CC2(F)CCC(N)CC2)n1. The predicted molar refractivity (Wildman–Crippen MR) is 75.8 cm³/mol. The van der Waals surface area contributed by atoms with Gasteiger partial charge < -0.3 is 5.73 Å². The number of nitrogens with two attached hydrogens (primary N) is 1. The molecule has 1 aliphatic rings. The average molecular weight is 267 g/mol. The zero-order valence-corrected chi connectivity index (χ0v) is 12.1. The molecule has 1 aromatic heterocycles. The molecule has 0 radical (unpaired) electrons. The molecule has 1 aliphatic carbocycles. The quantitative estimate of drug-likeness (QED) is 0.888. The first-order valence-electron chi connectivity index (χ1n) is 7.55. The summed E-state index contributed by atoms with van der Waals surface area (Å²) in [6.45, 7) is 4.32. The summed E-state index contributed by atoms with van der Waals surface area (Å²) in [5, 5.41) is 4.56. The van der Waals surface area contributed by atoms with E-state index in [1.165, 1.54) is 0 Å². The fourth-order valence-corrected chi connectivity index (χ4v) is 3.00. The van der Waals surface area contributed by atoms with Crippen LogP contribution in [0.15, 0.2) is 12.3 Å². The summed E-state index contributed by atoms with van der Waals surface area (Å²) in [5.41, 5.74) is 5.63. The standard InChI is InChI=1S/C15H26FN3/c1-3-14(4-2)19-10-7-13(18-19)11-15(16)8-5-12(17)6-9-15/h7,10,12,14H,3-6,8-9,11,17H2,1-2H3. The van der Waals surface area contributed by atoms with Crippen molar-refractivity contribution in [3.63, 3.8) is 0 Å². The van der Waals surface area contributed by atoms with Gasteiger partial charge >= 0.3 is 0 Å². The van der Waals surface area contributed by atoms with Crippen molar-refractivity contribution in [1.29, 1.82) is 0 Å². The second kappa shape index (κ2) is 6.04. The van der Waals surface area contributed by atoms with Crippen molar-refractivity contribution in [3.8, 4) is 0 Å². The van der Waals surface area contributed by atoms with Crippen LogP contribution in [0.3, 0.4) is 0 Å². The van der Waals surface area contributed by atoms with Crippen LogP contribution in [0.4, 0.5) is 4.39 Å². The smallest absolute Gasteiger partial charge is 0.116 e. The van der Waals surface area contributed by atoms with Crippen LogP contribution in [0.5, 0.6) is 0 Å². The minimum atomic E-state index is -1.09. The van der Waals surface area contributed by atoms with E-state index in [4.69, 9.17) is 5.73 Å². The van der Waals surface area contributed by atoms with E-state index in [2.05, 4.69) is 18.9 Å². The van der Waals surface area contributed by atoms with Gasteiger partial charge in [-0.3, -0.25) is 4.68 Å². The fraction of sp³-hybridized carbons (Fsp3) is 0.800. The van der Waals surface area contributed by atoms with Gasteiger partial charge in [0.05, 0.1) is 11.7 Å². The van der Waals surface area contributed by atoms with Crippen molar-refractivity contribution >= 4 is 0 Å². The van der Waals surface area contributed by atoms with E-state index in [0.29, 0.717) is 25.3 Å². The van der Waals surface area contributed by atoms with Crippen LogP contribution in [0.1, 0.15) is 64.1 Å². The van der Waals surface area contributed by atoms with Crippen LogP contribution in [-0.2, 0) is 6.42 Å². The van der Waals surface area contributed by atoms with Crippen LogP contribution < -0.4 is 5.73 Å². The third-order valence-corrected chi connectivity index (χ3v) is 4.40. The normalized spacial score (nSPS) is 27.9. The summed E-state index contributed by atoms with van der Waals surface area (Å²) < 4.78 is 16.7. The van der Waals surface area contributed by atoms with Crippen molar-refractivity contribution in [1.82, 2.24) is 9.78 Å². The van der Waals surface area contributed by atoms with Crippen LogP contribution in [0.2, 0.25) is 0 Å². The average Bonchev–Trinajstić information content (AvgIpc) is 2.83. The summed E-state index contributed by atoms with van der Waals surface area (Å²) >= 11 is 0. The molecule has 0 unspecified atom stereocenters.